The van der Waals surface area contributed by atoms with E-state index in [1.165, 1.54) is 4.90 Å². The summed E-state index contributed by atoms with van der Waals surface area (Å²) in [5.74, 6) is 0. The summed E-state index contributed by atoms with van der Waals surface area (Å²) in [7, 11) is 3.37. The van der Waals surface area contributed by atoms with E-state index in [-0.39, 0.29) is 11.3 Å². The van der Waals surface area contributed by atoms with Gasteiger partial charge in [-0.2, -0.15) is 0 Å². The van der Waals surface area contributed by atoms with Crippen LogP contribution in [0.3, 0.4) is 0 Å². The van der Waals surface area contributed by atoms with Gasteiger partial charge in [0.25, 0.3) is 5.17 Å². The molecule has 5 heteroatoms. The maximum Gasteiger partial charge on any atom is 0.516 e. The van der Waals surface area contributed by atoms with Crippen molar-refractivity contribution in [3.05, 3.63) is 0 Å². The first-order valence-electron chi connectivity index (χ1n) is 3.53. The molecule has 0 rings (SSSR count). The molecule has 0 fully saturated rings. The van der Waals surface area contributed by atoms with Crippen molar-refractivity contribution >= 4 is 23.5 Å². The second-order valence-electron chi connectivity index (χ2n) is 2.68. The van der Waals surface area contributed by atoms with Gasteiger partial charge < -0.3 is 14.4 Å². The summed E-state index contributed by atoms with van der Waals surface area (Å²) in [6.45, 7) is 3.47. The number of hydrogen-bond donors (Lipinski definition) is 0. The summed E-state index contributed by atoms with van der Waals surface area (Å²) < 4.78 is 9.31. The van der Waals surface area contributed by atoms with Crippen molar-refractivity contribution in [1.82, 2.24) is 4.90 Å². The molecule has 0 aliphatic heterocycles. The highest BCUT2D eigenvalue weighted by Gasteiger charge is 2.10. The Kier molecular flexibility index (Phi) is 4.58. The maximum atomic E-state index is 10.8. The molecule has 0 spiro atoms. The smallest absolute Gasteiger partial charge is 0.431 e. The minimum absolute atomic E-state index is 0.0978. The summed E-state index contributed by atoms with van der Waals surface area (Å²) >= 11 is 4.71. The van der Waals surface area contributed by atoms with Gasteiger partial charge in [-0.1, -0.05) is 0 Å². The fourth-order valence-electron chi connectivity index (χ4n) is 0.379. The van der Waals surface area contributed by atoms with Crippen molar-refractivity contribution in [2.24, 2.45) is 0 Å². The number of ether oxygens (including phenoxy) is 2. The standard InChI is InChI=1S/C7H13NO3S/c1-5(2)10-7(9)11-6(12)8(3)4/h5H,1-4H3. The lowest BCUT2D eigenvalue weighted by Gasteiger charge is -2.13. The van der Waals surface area contributed by atoms with Crippen LogP contribution in [-0.2, 0) is 9.47 Å². The zero-order chi connectivity index (χ0) is 9.72. The molecule has 0 aromatic rings. The third-order valence-corrected chi connectivity index (χ3v) is 1.32. The fraction of sp³-hybridized carbons (Fsp3) is 0.714. The number of carbonyl (C=O) groups excluding carboxylic acids is 1. The van der Waals surface area contributed by atoms with E-state index in [9.17, 15) is 4.79 Å². The molecule has 0 atom stereocenters. The van der Waals surface area contributed by atoms with Crippen molar-refractivity contribution in [1.29, 1.82) is 0 Å². The largest absolute Gasteiger partial charge is 0.516 e. The molecule has 0 heterocycles. The molecule has 70 valence electrons. The van der Waals surface area contributed by atoms with Crippen LogP contribution in [0.1, 0.15) is 13.8 Å². The van der Waals surface area contributed by atoms with E-state index in [1.54, 1.807) is 27.9 Å². The lowest BCUT2D eigenvalue weighted by molar-refractivity contribution is 0.0665. The van der Waals surface area contributed by atoms with Gasteiger partial charge in [0.15, 0.2) is 0 Å². The lowest BCUT2D eigenvalue weighted by atomic mass is 10.5. The molecule has 0 saturated heterocycles. The van der Waals surface area contributed by atoms with Crippen LogP contribution in [0.25, 0.3) is 0 Å². The molecule has 0 aromatic carbocycles. The quantitative estimate of drug-likeness (QED) is 0.462. The fourth-order valence-corrected chi connectivity index (χ4v) is 0.447. The first kappa shape index (κ1) is 11.2. The zero-order valence-corrected chi connectivity index (χ0v) is 8.47. The third kappa shape index (κ3) is 4.90. The van der Waals surface area contributed by atoms with Crippen molar-refractivity contribution in [3.63, 3.8) is 0 Å². The predicted octanol–water partition coefficient (Wildman–Crippen LogP) is 1.39. The van der Waals surface area contributed by atoms with Gasteiger partial charge in [-0.15, -0.1) is 0 Å². The molecule has 0 aliphatic carbocycles. The number of hydrogen-bond acceptors (Lipinski definition) is 4. The van der Waals surface area contributed by atoms with Gasteiger partial charge in [-0.3, -0.25) is 0 Å². The van der Waals surface area contributed by atoms with E-state index in [0.29, 0.717) is 0 Å². The molecule has 0 bridgehead atoms. The van der Waals surface area contributed by atoms with E-state index < -0.39 is 6.16 Å². The highest BCUT2D eigenvalue weighted by molar-refractivity contribution is 7.80. The summed E-state index contributed by atoms with van der Waals surface area (Å²) in [5, 5.41) is 0.0978. The number of rotatable bonds is 1. The number of carbonyl (C=O) groups is 1. The second-order valence-corrected chi connectivity index (χ2v) is 3.03. The molecule has 0 saturated carbocycles. The molecular formula is C7H13NO3S. The molecule has 0 amide bonds. The zero-order valence-electron chi connectivity index (χ0n) is 7.66. The number of nitrogens with zero attached hydrogens (tertiary/aromatic N) is 1. The van der Waals surface area contributed by atoms with E-state index in [2.05, 4.69) is 4.74 Å². The van der Waals surface area contributed by atoms with Gasteiger partial charge >= 0.3 is 6.16 Å². The Morgan fingerprint density at radius 3 is 2.25 bits per heavy atom. The van der Waals surface area contributed by atoms with Gasteiger partial charge in [0.2, 0.25) is 0 Å². The lowest BCUT2D eigenvalue weighted by Crippen LogP contribution is -2.26. The summed E-state index contributed by atoms with van der Waals surface area (Å²) in [5.41, 5.74) is 0. The molecule has 0 aromatic heterocycles. The summed E-state index contributed by atoms with van der Waals surface area (Å²) in [4.78, 5) is 12.3. The van der Waals surface area contributed by atoms with Crippen LogP contribution in [0.4, 0.5) is 4.79 Å². The Hall–Kier alpha value is -0.840. The first-order chi connectivity index (χ1) is 5.43. The average molecular weight is 191 g/mol. The van der Waals surface area contributed by atoms with Gasteiger partial charge in [-0.25, -0.2) is 4.79 Å². The molecule has 0 N–H and O–H groups in total. The Morgan fingerprint density at radius 1 is 1.42 bits per heavy atom. The SMILES string of the molecule is CC(C)OC(=O)OC(=S)N(C)C. The van der Waals surface area contributed by atoms with Crippen LogP contribution < -0.4 is 0 Å². The van der Waals surface area contributed by atoms with Crippen LogP contribution in [0.2, 0.25) is 0 Å². The Bertz CT molecular complexity index is 179. The first-order valence-corrected chi connectivity index (χ1v) is 3.94. The third-order valence-electron chi connectivity index (χ3n) is 0.868. The van der Waals surface area contributed by atoms with Gasteiger partial charge in [0, 0.05) is 14.1 Å². The Labute approximate surface area is 77.4 Å². The minimum atomic E-state index is -0.760. The maximum absolute atomic E-state index is 10.8. The summed E-state index contributed by atoms with van der Waals surface area (Å²) in [6, 6.07) is 0. The normalized spacial score (nSPS) is 9.42. The van der Waals surface area contributed by atoms with Crippen molar-refractivity contribution in [2.45, 2.75) is 20.0 Å². The highest BCUT2D eigenvalue weighted by Crippen LogP contribution is 1.95. The van der Waals surface area contributed by atoms with E-state index in [0.717, 1.165) is 0 Å². The molecule has 4 nitrogen and oxygen atoms in total. The van der Waals surface area contributed by atoms with E-state index in [4.69, 9.17) is 17.0 Å². The molecule has 0 unspecified atom stereocenters. The molecule has 0 aliphatic rings. The predicted molar refractivity (Wildman–Crippen MR) is 49.0 cm³/mol. The van der Waals surface area contributed by atoms with Crippen molar-refractivity contribution in [3.8, 4) is 0 Å². The van der Waals surface area contributed by atoms with E-state index >= 15 is 0 Å². The van der Waals surface area contributed by atoms with Crippen LogP contribution in [-0.4, -0.2) is 36.4 Å². The Balaban J connectivity index is 3.77. The number of thiocarbonyl (C=S) groups is 1. The molecule has 0 radical (unpaired) electrons. The van der Waals surface area contributed by atoms with Crippen molar-refractivity contribution in [2.75, 3.05) is 14.1 Å². The van der Waals surface area contributed by atoms with Gasteiger partial charge in [0.1, 0.15) is 0 Å². The van der Waals surface area contributed by atoms with Crippen molar-refractivity contribution < 1.29 is 14.3 Å². The second kappa shape index (κ2) is 4.92. The van der Waals surface area contributed by atoms with Gasteiger partial charge in [-0.05, 0) is 26.1 Å². The topological polar surface area (TPSA) is 38.8 Å². The Morgan fingerprint density at radius 2 is 1.92 bits per heavy atom. The molecular weight excluding hydrogens is 178 g/mol. The minimum Gasteiger partial charge on any atom is -0.431 e. The van der Waals surface area contributed by atoms with Crippen LogP contribution >= 0.6 is 12.2 Å². The van der Waals surface area contributed by atoms with Crippen LogP contribution in [0.5, 0.6) is 0 Å². The van der Waals surface area contributed by atoms with Crippen LogP contribution in [0.15, 0.2) is 0 Å². The summed E-state index contributed by atoms with van der Waals surface area (Å²) in [6.07, 6.45) is -0.953. The van der Waals surface area contributed by atoms with E-state index in [1.807, 2.05) is 0 Å². The highest BCUT2D eigenvalue weighted by atomic mass is 32.1. The van der Waals surface area contributed by atoms with Crippen LogP contribution in [0, 0.1) is 0 Å². The monoisotopic (exact) mass is 191 g/mol. The molecule has 12 heavy (non-hydrogen) atoms. The van der Waals surface area contributed by atoms with Gasteiger partial charge in [0.05, 0.1) is 6.10 Å². The average Bonchev–Trinajstić information content (AvgIpc) is 1.84.